The molecule has 0 saturated carbocycles. The van der Waals surface area contributed by atoms with E-state index in [0.29, 0.717) is 11.3 Å². The van der Waals surface area contributed by atoms with Gasteiger partial charge in [-0.3, -0.25) is 0 Å². The first-order valence-corrected chi connectivity index (χ1v) is 7.23. The van der Waals surface area contributed by atoms with Gasteiger partial charge in [-0.25, -0.2) is 0 Å². The molecule has 7 heteroatoms. The molecule has 0 aromatic heterocycles. The van der Waals surface area contributed by atoms with E-state index in [4.69, 9.17) is 4.74 Å². The van der Waals surface area contributed by atoms with Crippen molar-refractivity contribution in [3.05, 3.63) is 59.2 Å². The normalized spacial score (nSPS) is 12.9. The van der Waals surface area contributed by atoms with Gasteiger partial charge in [-0.1, -0.05) is 18.2 Å². The van der Waals surface area contributed by atoms with E-state index in [-0.39, 0.29) is 24.4 Å². The lowest BCUT2D eigenvalue weighted by Gasteiger charge is -2.15. The molecule has 2 rings (SSSR count). The summed E-state index contributed by atoms with van der Waals surface area (Å²) in [4.78, 5) is 0. The zero-order valence-corrected chi connectivity index (χ0v) is 13.0. The number of hydrogen-bond donors (Lipinski definition) is 3. The lowest BCUT2D eigenvalue weighted by Crippen LogP contribution is -2.21. The fourth-order valence-electron chi connectivity index (χ4n) is 2.20. The van der Waals surface area contributed by atoms with Gasteiger partial charge in [-0.15, -0.1) is 0 Å². The summed E-state index contributed by atoms with van der Waals surface area (Å²) in [5, 5.41) is 22.8. The summed E-state index contributed by atoms with van der Waals surface area (Å²) < 4.78 is 43.0. The third kappa shape index (κ3) is 4.62. The number of aliphatic hydroxyl groups is 1. The van der Waals surface area contributed by atoms with Crippen molar-refractivity contribution in [1.29, 1.82) is 0 Å². The number of alkyl halides is 3. The predicted octanol–water partition coefficient (Wildman–Crippen LogP) is 3.24. The van der Waals surface area contributed by atoms with Crippen molar-refractivity contribution in [3.8, 4) is 11.5 Å². The quantitative estimate of drug-likeness (QED) is 0.755. The lowest BCUT2D eigenvalue weighted by molar-refractivity contribution is -0.137. The maximum atomic E-state index is 12.7. The number of benzene rings is 2. The molecule has 0 radical (unpaired) electrons. The van der Waals surface area contributed by atoms with E-state index in [1.54, 1.807) is 12.1 Å². The molecule has 1 unspecified atom stereocenters. The summed E-state index contributed by atoms with van der Waals surface area (Å²) in [5.41, 5.74) is -0.0323. The number of nitrogens with one attached hydrogen (secondary N) is 1. The van der Waals surface area contributed by atoms with Gasteiger partial charge in [-0.05, 0) is 23.8 Å². The highest BCUT2D eigenvalue weighted by Crippen LogP contribution is 2.30. The molecule has 2 aromatic rings. The van der Waals surface area contributed by atoms with Gasteiger partial charge in [0.25, 0.3) is 0 Å². The van der Waals surface area contributed by atoms with Crippen LogP contribution in [0, 0.1) is 0 Å². The first kappa shape index (κ1) is 18.1. The van der Waals surface area contributed by atoms with Gasteiger partial charge in [0, 0.05) is 24.7 Å². The van der Waals surface area contributed by atoms with Gasteiger partial charge in [0.1, 0.15) is 11.5 Å². The van der Waals surface area contributed by atoms with Crippen LogP contribution in [0.25, 0.3) is 0 Å². The second kappa shape index (κ2) is 7.55. The van der Waals surface area contributed by atoms with Crippen molar-refractivity contribution < 1.29 is 28.1 Å². The van der Waals surface area contributed by atoms with Crippen LogP contribution in [0.15, 0.2) is 42.5 Å². The van der Waals surface area contributed by atoms with Crippen LogP contribution in [-0.4, -0.2) is 23.9 Å². The first-order valence-electron chi connectivity index (χ1n) is 7.23. The molecule has 0 spiro atoms. The number of methoxy groups -OCH3 is 1. The van der Waals surface area contributed by atoms with Gasteiger partial charge < -0.3 is 20.3 Å². The van der Waals surface area contributed by atoms with E-state index < -0.39 is 17.8 Å². The SMILES string of the molecule is COc1ccc(CNCC(O)c2cccc(C(F)(F)F)c2)c(O)c1. The third-order valence-corrected chi connectivity index (χ3v) is 3.54. The number of ether oxygens (including phenoxy) is 1. The highest BCUT2D eigenvalue weighted by Gasteiger charge is 2.30. The van der Waals surface area contributed by atoms with Crippen LogP contribution in [0.3, 0.4) is 0 Å². The predicted molar refractivity (Wildman–Crippen MR) is 82.8 cm³/mol. The Morgan fingerprint density at radius 3 is 2.54 bits per heavy atom. The molecule has 0 aliphatic heterocycles. The van der Waals surface area contributed by atoms with Crippen LogP contribution < -0.4 is 10.1 Å². The van der Waals surface area contributed by atoms with E-state index in [1.807, 2.05) is 0 Å². The molecule has 0 aliphatic carbocycles. The summed E-state index contributed by atoms with van der Waals surface area (Å²) in [6.07, 6.45) is -5.54. The number of hydrogen-bond acceptors (Lipinski definition) is 4. The molecule has 0 amide bonds. The maximum Gasteiger partial charge on any atom is 0.416 e. The van der Waals surface area contributed by atoms with Crippen LogP contribution in [0.1, 0.15) is 22.8 Å². The average molecular weight is 341 g/mol. The van der Waals surface area contributed by atoms with E-state index in [1.165, 1.54) is 25.3 Å². The number of rotatable bonds is 6. The Labute approximate surface area is 137 Å². The molecule has 0 bridgehead atoms. The fraction of sp³-hybridized carbons (Fsp3) is 0.294. The van der Waals surface area contributed by atoms with Gasteiger partial charge >= 0.3 is 6.18 Å². The standard InChI is InChI=1S/C17H18F3NO3/c1-24-14-6-5-12(15(22)8-14)9-21-10-16(23)11-3-2-4-13(7-11)17(18,19)20/h2-8,16,21-23H,9-10H2,1H3. The van der Waals surface area contributed by atoms with Crippen LogP contribution in [-0.2, 0) is 12.7 Å². The van der Waals surface area contributed by atoms with E-state index >= 15 is 0 Å². The molecule has 4 nitrogen and oxygen atoms in total. The van der Waals surface area contributed by atoms with Crippen molar-refractivity contribution in [2.24, 2.45) is 0 Å². The highest BCUT2D eigenvalue weighted by molar-refractivity contribution is 5.39. The fourth-order valence-corrected chi connectivity index (χ4v) is 2.20. The lowest BCUT2D eigenvalue weighted by atomic mass is 10.1. The Balaban J connectivity index is 1.95. The Morgan fingerprint density at radius 1 is 1.17 bits per heavy atom. The van der Waals surface area contributed by atoms with Crippen molar-refractivity contribution in [2.75, 3.05) is 13.7 Å². The second-order valence-electron chi connectivity index (χ2n) is 5.26. The Bertz CT molecular complexity index is 689. The van der Waals surface area contributed by atoms with Gasteiger partial charge in [0.15, 0.2) is 0 Å². The van der Waals surface area contributed by atoms with Crippen molar-refractivity contribution in [2.45, 2.75) is 18.8 Å². The Morgan fingerprint density at radius 2 is 1.92 bits per heavy atom. The summed E-state index contributed by atoms with van der Waals surface area (Å²) in [5.74, 6) is 0.552. The largest absolute Gasteiger partial charge is 0.507 e. The molecular formula is C17H18F3NO3. The van der Waals surface area contributed by atoms with Crippen LogP contribution in [0.5, 0.6) is 11.5 Å². The number of halogens is 3. The van der Waals surface area contributed by atoms with Crippen LogP contribution in [0.4, 0.5) is 13.2 Å². The minimum absolute atomic E-state index is 0.0374. The molecule has 2 aromatic carbocycles. The topological polar surface area (TPSA) is 61.7 Å². The van der Waals surface area contributed by atoms with Crippen molar-refractivity contribution >= 4 is 0 Å². The number of aliphatic hydroxyl groups excluding tert-OH is 1. The number of phenolic OH excluding ortho intramolecular Hbond substituents is 1. The zero-order chi connectivity index (χ0) is 17.7. The van der Waals surface area contributed by atoms with Crippen molar-refractivity contribution in [1.82, 2.24) is 5.32 Å². The smallest absolute Gasteiger partial charge is 0.416 e. The molecule has 130 valence electrons. The molecule has 1 atom stereocenters. The summed E-state index contributed by atoms with van der Waals surface area (Å²) in [7, 11) is 1.48. The van der Waals surface area contributed by atoms with Gasteiger partial charge in [-0.2, -0.15) is 13.2 Å². The van der Waals surface area contributed by atoms with E-state index in [9.17, 15) is 23.4 Å². The minimum atomic E-state index is -4.45. The third-order valence-electron chi connectivity index (χ3n) is 3.54. The van der Waals surface area contributed by atoms with E-state index in [0.717, 1.165) is 12.1 Å². The van der Waals surface area contributed by atoms with Gasteiger partial charge in [0.05, 0.1) is 18.8 Å². The number of aromatic hydroxyl groups is 1. The summed E-state index contributed by atoms with van der Waals surface area (Å²) >= 11 is 0. The Hall–Kier alpha value is -2.25. The minimum Gasteiger partial charge on any atom is -0.507 e. The molecular weight excluding hydrogens is 323 g/mol. The average Bonchev–Trinajstić information content (AvgIpc) is 2.55. The second-order valence-corrected chi connectivity index (χ2v) is 5.26. The van der Waals surface area contributed by atoms with Crippen molar-refractivity contribution in [3.63, 3.8) is 0 Å². The highest BCUT2D eigenvalue weighted by atomic mass is 19.4. The molecule has 0 aliphatic rings. The molecule has 0 heterocycles. The number of phenols is 1. The Kier molecular flexibility index (Phi) is 5.69. The monoisotopic (exact) mass is 341 g/mol. The summed E-state index contributed by atoms with van der Waals surface area (Å²) in [6, 6.07) is 9.39. The molecule has 0 fully saturated rings. The molecule has 24 heavy (non-hydrogen) atoms. The molecule has 3 N–H and O–H groups in total. The van der Waals surface area contributed by atoms with E-state index in [2.05, 4.69) is 5.32 Å². The zero-order valence-electron chi connectivity index (χ0n) is 13.0. The van der Waals surface area contributed by atoms with Crippen LogP contribution >= 0.6 is 0 Å². The maximum absolute atomic E-state index is 12.7. The van der Waals surface area contributed by atoms with Crippen LogP contribution in [0.2, 0.25) is 0 Å². The van der Waals surface area contributed by atoms with Gasteiger partial charge in [0.2, 0.25) is 0 Å². The summed E-state index contributed by atoms with van der Waals surface area (Å²) in [6.45, 7) is 0.304. The first-order chi connectivity index (χ1) is 11.3. The molecule has 0 saturated heterocycles.